The van der Waals surface area contributed by atoms with Gasteiger partial charge in [-0.15, -0.1) is 10.2 Å². The number of ketones is 1. The molecule has 0 radical (unpaired) electrons. The molecule has 11 heteroatoms. The summed E-state index contributed by atoms with van der Waals surface area (Å²) in [5.74, 6) is -0.926. The first-order valence-electron chi connectivity index (χ1n) is 8.03. The first kappa shape index (κ1) is 20.8. The molecule has 0 unspecified atom stereocenters. The molecule has 28 heavy (non-hydrogen) atoms. The number of hydrogen-bond acceptors (Lipinski definition) is 7. The number of carbonyl (C=O) groups excluding carboxylic acids is 2. The average Bonchev–Trinajstić information content (AvgIpc) is 3.18. The predicted molar refractivity (Wildman–Crippen MR) is 112 cm³/mol. The van der Waals surface area contributed by atoms with Gasteiger partial charge in [0.2, 0.25) is 5.13 Å². The molecule has 0 aliphatic carbocycles. The van der Waals surface area contributed by atoms with Gasteiger partial charge in [-0.25, -0.2) is 0 Å². The number of Topliss-reactive ketones (excluding diaryl/α,β-unsaturated/α-hetero) is 1. The highest BCUT2D eigenvalue weighted by Gasteiger charge is 2.25. The number of thioether (sulfide) groups is 1. The van der Waals surface area contributed by atoms with E-state index in [2.05, 4.69) is 20.6 Å². The highest BCUT2D eigenvalue weighted by molar-refractivity contribution is 8.00. The molecule has 0 aliphatic heterocycles. The second-order valence-electron chi connectivity index (χ2n) is 5.81. The summed E-state index contributed by atoms with van der Waals surface area (Å²) >= 11 is 14.9. The van der Waals surface area contributed by atoms with Gasteiger partial charge in [0, 0.05) is 28.5 Å². The van der Waals surface area contributed by atoms with Gasteiger partial charge in [-0.05, 0) is 31.5 Å². The highest BCUT2D eigenvalue weighted by atomic mass is 35.5. The molecule has 0 atom stereocenters. The third kappa shape index (κ3) is 4.38. The number of amides is 1. The van der Waals surface area contributed by atoms with E-state index in [-0.39, 0.29) is 5.13 Å². The molecule has 0 saturated heterocycles. The molecule has 0 bridgehead atoms. The van der Waals surface area contributed by atoms with E-state index in [1.165, 1.54) is 23.1 Å². The average molecular weight is 456 g/mol. The van der Waals surface area contributed by atoms with E-state index in [9.17, 15) is 9.59 Å². The van der Waals surface area contributed by atoms with Gasteiger partial charge in [0.1, 0.15) is 0 Å². The highest BCUT2D eigenvalue weighted by Crippen LogP contribution is 2.33. The molecule has 0 saturated carbocycles. The third-order valence-electron chi connectivity index (χ3n) is 3.97. The fourth-order valence-electron chi connectivity index (χ4n) is 2.49. The number of hydrogen-bond donors (Lipinski definition) is 1. The number of anilines is 1. The van der Waals surface area contributed by atoms with E-state index in [1.807, 2.05) is 0 Å². The Kier molecular flexibility index (Phi) is 6.39. The van der Waals surface area contributed by atoms with Gasteiger partial charge in [-0.3, -0.25) is 19.6 Å². The number of aryl methyl sites for hydroxylation is 2. The maximum atomic E-state index is 12.5. The molecule has 1 amide bonds. The van der Waals surface area contributed by atoms with Crippen molar-refractivity contribution < 1.29 is 9.59 Å². The number of nitrogens with zero attached hydrogens (tertiary/aromatic N) is 4. The number of carbonyl (C=O) groups is 2. The first-order chi connectivity index (χ1) is 13.3. The van der Waals surface area contributed by atoms with Crippen molar-refractivity contribution >= 4 is 63.1 Å². The Labute approximate surface area is 179 Å². The Balaban J connectivity index is 1.66. The summed E-state index contributed by atoms with van der Waals surface area (Å²) in [7, 11) is 1.72. The van der Waals surface area contributed by atoms with Crippen molar-refractivity contribution in [3.05, 3.63) is 50.8 Å². The summed E-state index contributed by atoms with van der Waals surface area (Å²) in [6.45, 7) is 3.42. The maximum Gasteiger partial charge on any atom is 0.298 e. The molecule has 0 aliphatic rings. The minimum Gasteiger partial charge on any atom is -0.293 e. The fourth-order valence-corrected chi connectivity index (χ4v) is 4.98. The molecule has 0 spiro atoms. The van der Waals surface area contributed by atoms with Crippen LogP contribution in [0.3, 0.4) is 0 Å². The Morgan fingerprint density at radius 2 is 1.89 bits per heavy atom. The van der Waals surface area contributed by atoms with Crippen LogP contribution in [0.15, 0.2) is 22.5 Å². The zero-order valence-electron chi connectivity index (χ0n) is 15.1. The van der Waals surface area contributed by atoms with Crippen molar-refractivity contribution in [1.82, 2.24) is 20.0 Å². The third-order valence-corrected chi connectivity index (χ3v) is 6.68. The molecule has 3 rings (SSSR count). The van der Waals surface area contributed by atoms with E-state index in [0.717, 1.165) is 5.56 Å². The standard InChI is InChI=1S/C17H15Cl2N5O2S2/c1-8-13(9(2)24(3)23-8)14(25)15(26)20-16-21-22-17(28-16)27-7-10-11(18)5-4-6-12(10)19/h4-6H,7H2,1-3H3,(H,20,21,26). The Bertz CT molecular complexity index is 1040. The van der Waals surface area contributed by atoms with Crippen LogP contribution in [0.2, 0.25) is 10.0 Å². The summed E-state index contributed by atoms with van der Waals surface area (Å²) < 4.78 is 2.18. The van der Waals surface area contributed by atoms with E-state index >= 15 is 0 Å². The van der Waals surface area contributed by atoms with Gasteiger partial charge < -0.3 is 0 Å². The number of halogens is 2. The predicted octanol–water partition coefficient (Wildman–Crippen LogP) is 4.31. The van der Waals surface area contributed by atoms with Crippen LogP contribution < -0.4 is 5.32 Å². The van der Waals surface area contributed by atoms with Gasteiger partial charge >= 0.3 is 0 Å². The van der Waals surface area contributed by atoms with Crippen LogP contribution in [0.5, 0.6) is 0 Å². The monoisotopic (exact) mass is 455 g/mol. The summed E-state index contributed by atoms with van der Waals surface area (Å²) in [5.41, 5.74) is 2.23. The second-order valence-corrected chi connectivity index (χ2v) is 8.83. The lowest BCUT2D eigenvalue weighted by molar-refractivity contribution is -0.112. The van der Waals surface area contributed by atoms with E-state index in [1.54, 1.807) is 43.8 Å². The zero-order chi connectivity index (χ0) is 20.4. The molecule has 2 heterocycles. The Hall–Kier alpha value is -1.94. The van der Waals surface area contributed by atoms with Crippen molar-refractivity contribution in [3.8, 4) is 0 Å². The van der Waals surface area contributed by atoms with Crippen LogP contribution in [0.25, 0.3) is 0 Å². The van der Waals surface area contributed by atoms with Crippen molar-refractivity contribution in [2.24, 2.45) is 7.05 Å². The van der Waals surface area contributed by atoms with Gasteiger partial charge in [0.15, 0.2) is 4.34 Å². The molecule has 2 aromatic heterocycles. The molecule has 1 aromatic carbocycles. The minimum atomic E-state index is -0.777. The molecular formula is C17H15Cl2N5O2S2. The van der Waals surface area contributed by atoms with Crippen molar-refractivity contribution in [2.45, 2.75) is 23.9 Å². The maximum absolute atomic E-state index is 12.5. The molecule has 146 valence electrons. The lowest BCUT2D eigenvalue weighted by atomic mass is 10.1. The normalized spacial score (nSPS) is 10.9. The van der Waals surface area contributed by atoms with Gasteiger partial charge in [-0.1, -0.05) is 52.4 Å². The van der Waals surface area contributed by atoms with Crippen LogP contribution in [-0.2, 0) is 17.6 Å². The topological polar surface area (TPSA) is 89.8 Å². The summed E-state index contributed by atoms with van der Waals surface area (Å²) in [5, 5.41) is 16.0. The Morgan fingerprint density at radius 3 is 2.50 bits per heavy atom. The summed E-state index contributed by atoms with van der Waals surface area (Å²) in [6, 6.07) is 5.31. The zero-order valence-corrected chi connectivity index (χ0v) is 18.3. The van der Waals surface area contributed by atoms with Crippen LogP contribution in [0.1, 0.15) is 27.3 Å². The first-order valence-corrected chi connectivity index (χ1v) is 10.6. The van der Waals surface area contributed by atoms with E-state index in [4.69, 9.17) is 23.2 Å². The fraction of sp³-hybridized carbons (Fsp3) is 0.235. The Morgan fingerprint density at radius 1 is 1.21 bits per heavy atom. The summed E-state index contributed by atoms with van der Waals surface area (Å²) in [6.07, 6.45) is 0. The number of nitrogens with one attached hydrogen (secondary N) is 1. The summed E-state index contributed by atoms with van der Waals surface area (Å²) in [4.78, 5) is 24.8. The molecule has 1 N–H and O–H groups in total. The minimum absolute atomic E-state index is 0.241. The molecular weight excluding hydrogens is 441 g/mol. The van der Waals surface area contributed by atoms with Gasteiger partial charge in [0.05, 0.1) is 11.3 Å². The van der Waals surface area contributed by atoms with Gasteiger partial charge in [0.25, 0.3) is 11.7 Å². The number of benzene rings is 1. The van der Waals surface area contributed by atoms with E-state index < -0.39 is 11.7 Å². The largest absolute Gasteiger partial charge is 0.298 e. The van der Waals surface area contributed by atoms with Gasteiger partial charge in [-0.2, -0.15) is 5.10 Å². The van der Waals surface area contributed by atoms with E-state index in [0.29, 0.717) is 37.1 Å². The SMILES string of the molecule is Cc1nn(C)c(C)c1C(=O)C(=O)Nc1nnc(SCc2c(Cl)cccc2Cl)s1. The van der Waals surface area contributed by atoms with Crippen molar-refractivity contribution in [1.29, 1.82) is 0 Å². The molecule has 3 aromatic rings. The quantitative estimate of drug-likeness (QED) is 0.257. The molecule has 0 fully saturated rings. The van der Waals surface area contributed by atoms with Crippen LogP contribution in [-0.4, -0.2) is 31.7 Å². The lowest BCUT2D eigenvalue weighted by Crippen LogP contribution is -2.24. The second kappa shape index (κ2) is 8.60. The smallest absolute Gasteiger partial charge is 0.293 e. The van der Waals surface area contributed by atoms with Crippen LogP contribution >= 0.6 is 46.3 Å². The van der Waals surface area contributed by atoms with Crippen LogP contribution in [0.4, 0.5) is 5.13 Å². The van der Waals surface area contributed by atoms with Crippen molar-refractivity contribution in [2.75, 3.05) is 5.32 Å². The van der Waals surface area contributed by atoms with Crippen molar-refractivity contribution in [3.63, 3.8) is 0 Å². The number of aromatic nitrogens is 4. The number of rotatable bonds is 6. The lowest BCUT2D eigenvalue weighted by Gasteiger charge is -2.04. The molecule has 7 nitrogen and oxygen atoms in total. The van der Waals surface area contributed by atoms with Crippen LogP contribution in [0, 0.1) is 13.8 Å².